The van der Waals surface area contributed by atoms with Gasteiger partial charge in [0.25, 0.3) is 0 Å². The van der Waals surface area contributed by atoms with E-state index in [-0.39, 0.29) is 0 Å². The summed E-state index contributed by atoms with van der Waals surface area (Å²) in [7, 11) is 3.80. The largest absolute Gasteiger partial charge is 0.363 e. The van der Waals surface area contributed by atoms with Crippen LogP contribution in [-0.2, 0) is 13.5 Å². The van der Waals surface area contributed by atoms with E-state index in [4.69, 9.17) is 0 Å². The molecule has 0 radical (unpaired) electrons. The van der Waals surface area contributed by atoms with Crippen LogP contribution in [-0.4, -0.2) is 48.5 Å². The molecule has 0 saturated carbocycles. The van der Waals surface area contributed by atoms with Gasteiger partial charge in [0, 0.05) is 46.0 Å². The third-order valence-corrected chi connectivity index (χ3v) is 5.50. The van der Waals surface area contributed by atoms with Gasteiger partial charge in [-0.15, -0.1) is 11.3 Å². The molecule has 0 amide bonds. The van der Waals surface area contributed by atoms with Crippen molar-refractivity contribution < 1.29 is 0 Å². The van der Waals surface area contributed by atoms with Crippen molar-refractivity contribution in [1.29, 1.82) is 0 Å². The van der Waals surface area contributed by atoms with Gasteiger partial charge in [-0.25, -0.2) is 0 Å². The zero-order valence-electron chi connectivity index (χ0n) is 15.1. The van der Waals surface area contributed by atoms with E-state index in [2.05, 4.69) is 49.3 Å². The number of nitrogens with one attached hydrogen (secondary N) is 2. The first-order chi connectivity index (χ1) is 12.2. The second-order valence-corrected chi connectivity index (χ2v) is 7.41. The highest BCUT2D eigenvalue weighted by atomic mass is 32.1. The Balaban J connectivity index is 1.35. The lowest BCUT2D eigenvalue weighted by molar-refractivity contribution is 0.462. The molecule has 1 saturated heterocycles. The molecule has 6 nitrogen and oxygen atoms in total. The fraction of sp³-hybridized carbons (Fsp3) is 0.556. The van der Waals surface area contributed by atoms with Gasteiger partial charge in [0.1, 0.15) is 0 Å². The quantitative estimate of drug-likeness (QED) is 0.471. The molecular weight excluding hydrogens is 332 g/mol. The average Bonchev–Trinajstić information content (AvgIpc) is 3.30. The maximum Gasteiger partial charge on any atom is 0.191 e. The van der Waals surface area contributed by atoms with Gasteiger partial charge in [-0.2, -0.15) is 5.10 Å². The van der Waals surface area contributed by atoms with Crippen molar-refractivity contribution in [3.8, 4) is 0 Å². The smallest absolute Gasteiger partial charge is 0.191 e. The second kappa shape index (κ2) is 8.89. The first-order valence-electron chi connectivity index (χ1n) is 8.98. The van der Waals surface area contributed by atoms with E-state index in [1.807, 2.05) is 36.3 Å². The first kappa shape index (κ1) is 17.8. The summed E-state index contributed by atoms with van der Waals surface area (Å²) in [5, 5.41) is 14.7. The van der Waals surface area contributed by atoms with Crippen LogP contribution in [0.4, 0.5) is 5.00 Å². The van der Waals surface area contributed by atoms with E-state index in [0.717, 1.165) is 51.3 Å². The summed E-state index contributed by atoms with van der Waals surface area (Å²) in [5.41, 5.74) is 1.29. The highest BCUT2D eigenvalue weighted by Crippen LogP contribution is 2.24. The fourth-order valence-corrected chi connectivity index (χ4v) is 3.97. The summed E-state index contributed by atoms with van der Waals surface area (Å²) in [6.45, 7) is 3.13. The number of anilines is 1. The van der Waals surface area contributed by atoms with Crippen molar-refractivity contribution in [3.63, 3.8) is 0 Å². The summed E-state index contributed by atoms with van der Waals surface area (Å²) in [6.07, 6.45) is 8.42. The predicted molar refractivity (Wildman–Crippen MR) is 106 cm³/mol. The molecule has 2 N–H and O–H groups in total. The molecule has 136 valence electrons. The molecule has 0 aliphatic carbocycles. The normalized spacial score (nSPS) is 16.2. The van der Waals surface area contributed by atoms with Gasteiger partial charge in [0.15, 0.2) is 5.96 Å². The van der Waals surface area contributed by atoms with E-state index in [1.165, 1.54) is 10.6 Å². The highest BCUT2D eigenvalue weighted by molar-refractivity contribution is 7.14. The summed E-state index contributed by atoms with van der Waals surface area (Å²) in [6, 6.07) is 4.84. The number of thiophene rings is 1. The number of rotatable bonds is 6. The van der Waals surface area contributed by atoms with Gasteiger partial charge in [0.05, 0.1) is 11.2 Å². The van der Waals surface area contributed by atoms with Crippen LogP contribution in [0.3, 0.4) is 0 Å². The Morgan fingerprint density at radius 3 is 2.88 bits per heavy atom. The molecule has 2 aromatic rings. The lowest BCUT2D eigenvalue weighted by atomic mass is 10.1. The van der Waals surface area contributed by atoms with Gasteiger partial charge in [0.2, 0.25) is 0 Å². The fourth-order valence-electron chi connectivity index (χ4n) is 3.18. The van der Waals surface area contributed by atoms with Crippen LogP contribution in [0.1, 0.15) is 24.8 Å². The Morgan fingerprint density at radius 1 is 1.40 bits per heavy atom. The lowest BCUT2D eigenvalue weighted by Crippen LogP contribution is -2.48. The summed E-state index contributed by atoms with van der Waals surface area (Å²) in [5.74, 6) is 0.917. The predicted octanol–water partition coefficient (Wildman–Crippen LogP) is 2.25. The number of aromatic nitrogens is 2. The number of hydrogen-bond donors (Lipinski definition) is 2. The van der Waals surface area contributed by atoms with Gasteiger partial charge in [-0.3, -0.25) is 9.67 Å². The van der Waals surface area contributed by atoms with Gasteiger partial charge in [-0.05, 0) is 48.8 Å². The van der Waals surface area contributed by atoms with Crippen molar-refractivity contribution in [3.05, 3.63) is 35.5 Å². The third-order valence-electron chi connectivity index (χ3n) is 4.57. The number of aliphatic imine (C=N–C) groups is 1. The van der Waals surface area contributed by atoms with E-state index in [0.29, 0.717) is 6.04 Å². The van der Waals surface area contributed by atoms with E-state index in [1.54, 1.807) is 0 Å². The molecule has 3 rings (SSSR count). The van der Waals surface area contributed by atoms with Crippen molar-refractivity contribution in [2.75, 3.05) is 31.6 Å². The van der Waals surface area contributed by atoms with Gasteiger partial charge >= 0.3 is 0 Å². The summed E-state index contributed by atoms with van der Waals surface area (Å²) >= 11 is 1.83. The van der Waals surface area contributed by atoms with Crippen LogP contribution in [0.25, 0.3) is 0 Å². The Bertz CT molecular complexity index is 655. The van der Waals surface area contributed by atoms with E-state index in [9.17, 15) is 0 Å². The minimum atomic E-state index is 0.501. The minimum Gasteiger partial charge on any atom is -0.363 e. The zero-order valence-corrected chi connectivity index (χ0v) is 15.9. The van der Waals surface area contributed by atoms with Crippen LogP contribution >= 0.6 is 11.3 Å². The number of hydrogen-bond acceptors (Lipinski definition) is 4. The Labute approximate surface area is 153 Å². The molecule has 0 bridgehead atoms. The maximum absolute atomic E-state index is 4.37. The average molecular weight is 361 g/mol. The second-order valence-electron chi connectivity index (χ2n) is 6.48. The van der Waals surface area contributed by atoms with Crippen molar-refractivity contribution >= 4 is 22.3 Å². The van der Waals surface area contributed by atoms with E-state index >= 15 is 0 Å². The standard InChI is InChI=1S/C18H28N6S/c1-19-18(20-9-3-5-15-13-21-23(2)14-15)22-16-7-10-24(11-8-16)17-6-4-12-25-17/h4,6,12-14,16H,3,5,7-11H2,1-2H3,(H2,19,20,22). The van der Waals surface area contributed by atoms with Gasteiger partial charge < -0.3 is 15.5 Å². The van der Waals surface area contributed by atoms with Crippen molar-refractivity contribution in [2.24, 2.45) is 12.0 Å². The van der Waals surface area contributed by atoms with E-state index < -0.39 is 0 Å². The molecule has 2 aromatic heterocycles. The zero-order chi connectivity index (χ0) is 17.5. The number of aryl methyl sites for hydroxylation is 2. The van der Waals surface area contributed by atoms with Crippen LogP contribution in [0.2, 0.25) is 0 Å². The topological polar surface area (TPSA) is 57.5 Å². The lowest BCUT2D eigenvalue weighted by Gasteiger charge is -2.33. The Kier molecular flexibility index (Phi) is 6.33. The molecule has 1 aliphatic rings. The first-order valence-corrected chi connectivity index (χ1v) is 9.85. The van der Waals surface area contributed by atoms with Crippen LogP contribution < -0.4 is 15.5 Å². The Hall–Kier alpha value is -2.02. The SMILES string of the molecule is CN=C(NCCCc1cnn(C)c1)NC1CCN(c2cccs2)CC1. The number of piperidine rings is 1. The van der Waals surface area contributed by atoms with Gasteiger partial charge in [-0.1, -0.05) is 0 Å². The number of nitrogens with zero attached hydrogens (tertiary/aromatic N) is 4. The molecule has 1 aliphatic heterocycles. The van der Waals surface area contributed by atoms with Crippen molar-refractivity contribution in [1.82, 2.24) is 20.4 Å². The Morgan fingerprint density at radius 2 is 2.24 bits per heavy atom. The number of guanidine groups is 1. The van der Waals surface area contributed by atoms with Crippen molar-refractivity contribution in [2.45, 2.75) is 31.7 Å². The maximum atomic E-state index is 4.37. The molecule has 0 spiro atoms. The third kappa shape index (κ3) is 5.22. The van der Waals surface area contributed by atoms with Crippen LogP contribution in [0, 0.1) is 0 Å². The molecular formula is C18H28N6S. The highest BCUT2D eigenvalue weighted by Gasteiger charge is 2.20. The monoisotopic (exact) mass is 360 g/mol. The molecule has 0 atom stereocenters. The van der Waals surface area contributed by atoms with Crippen LogP contribution in [0.15, 0.2) is 34.9 Å². The molecule has 3 heterocycles. The molecule has 0 unspecified atom stereocenters. The van der Waals surface area contributed by atoms with Crippen LogP contribution in [0.5, 0.6) is 0 Å². The summed E-state index contributed by atoms with van der Waals surface area (Å²) < 4.78 is 1.85. The minimum absolute atomic E-state index is 0.501. The molecule has 0 aromatic carbocycles. The summed E-state index contributed by atoms with van der Waals surface area (Å²) in [4.78, 5) is 6.85. The molecule has 1 fully saturated rings. The molecule has 25 heavy (non-hydrogen) atoms. The molecule has 7 heteroatoms.